The quantitative estimate of drug-likeness (QED) is 0.777. The lowest BCUT2D eigenvalue weighted by Crippen LogP contribution is -2.48. The minimum absolute atomic E-state index is 0.0706. The SMILES string of the molecule is O=C(CCNC(=O)[C@@]12CCCC[C@H]1CNC2)Nc1ccccc1. The number of amides is 2. The van der Waals surface area contributed by atoms with Crippen LogP contribution in [0.3, 0.4) is 0 Å². The van der Waals surface area contributed by atoms with E-state index < -0.39 is 0 Å². The number of carbonyl (C=O) groups excluding carboxylic acids is 2. The molecule has 0 spiro atoms. The van der Waals surface area contributed by atoms with E-state index in [4.69, 9.17) is 0 Å². The number of anilines is 1. The molecule has 5 heteroatoms. The number of para-hydroxylation sites is 1. The molecule has 23 heavy (non-hydrogen) atoms. The van der Waals surface area contributed by atoms with E-state index in [9.17, 15) is 9.59 Å². The molecule has 0 aromatic heterocycles. The average molecular weight is 315 g/mol. The van der Waals surface area contributed by atoms with Crippen LogP contribution < -0.4 is 16.0 Å². The molecule has 1 aromatic carbocycles. The molecular formula is C18H25N3O2. The van der Waals surface area contributed by atoms with Crippen molar-refractivity contribution in [3.05, 3.63) is 30.3 Å². The highest BCUT2D eigenvalue weighted by atomic mass is 16.2. The molecule has 2 atom stereocenters. The zero-order chi connectivity index (χ0) is 16.1. The van der Waals surface area contributed by atoms with E-state index in [0.717, 1.165) is 38.0 Å². The Balaban J connectivity index is 1.46. The summed E-state index contributed by atoms with van der Waals surface area (Å²) < 4.78 is 0. The first-order valence-electron chi connectivity index (χ1n) is 8.55. The molecule has 3 N–H and O–H groups in total. The van der Waals surface area contributed by atoms with Gasteiger partial charge in [0.2, 0.25) is 11.8 Å². The van der Waals surface area contributed by atoms with Crippen molar-refractivity contribution in [3.8, 4) is 0 Å². The third kappa shape index (κ3) is 3.55. The summed E-state index contributed by atoms with van der Waals surface area (Å²) in [7, 11) is 0. The molecule has 1 aliphatic carbocycles. The molecule has 3 rings (SSSR count). The first kappa shape index (κ1) is 16.0. The number of hydrogen-bond acceptors (Lipinski definition) is 3. The second kappa shape index (κ2) is 7.13. The molecule has 1 aliphatic heterocycles. The van der Waals surface area contributed by atoms with Crippen LogP contribution in [0, 0.1) is 11.3 Å². The number of fused-ring (bicyclic) bond motifs is 1. The van der Waals surface area contributed by atoms with E-state index in [1.807, 2.05) is 30.3 Å². The van der Waals surface area contributed by atoms with Gasteiger partial charge >= 0.3 is 0 Å². The Hall–Kier alpha value is -1.88. The Bertz CT molecular complexity index is 561. The van der Waals surface area contributed by atoms with Gasteiger partial charge in [-0.1, -0.05) is 31.0 Å². The third-order valence-corrected chi connectivity index (χ3v) is 5.19. The molecule has 5 nitrogen and oxygen atoms in total. The summed E-state index contributed by atoms with van der Waals surface area (Å²) >= 11 is 0. The lowest BCUT2D eigenvalue weighted by atomic mass is 9.67. The van der Waals surface area contributed by atoms with Gasteiger partial charge in [0, 0.05) is 25.2 Å². The Morgan fingerprint density at radius 2 is 2.04 bits per heavy atom. The van der Waals surface area contributed by atoms with Gasteiger partial charge in [-0.3, -0.25) is 9.59 Å². The summed E-state index contributed by atoms with van der Waals surface area (Å²) in [4.78, 5) is 24.6. The highest BCUT2D eigenvalue weighted by Gasteiger charge is 2.49. The number of carbonyl (C=O) groups is 2. The van der Waals surface area contributed by atoms with Gasteiger partial charge in [0.05, 0.1) is 5.41 Å². The first-order chi connectivity index (χ1) is 11.2. The van der Waals surface area contributed by atoms with Crippen LogP contribution in [-0.2, 0) is 9.59 Å². The zero-order valence-electron chi connectivity index (χ0n) is 13.4. The topological polar surface area (TPSA) is 70.2 Å². The number of hydrogen-bond donors (Lipinski definition) is 3. The predicted molar refractivity (Wildman–Crippen MR) is 90.0 cm³/mol. The smallest absolute Gasteiger partial charge is 0.227 e. The molecule has 2 aliphatic rings. The fourth-order valence-electron chi connectivity index (χ4n) is 3.90. The Morgan fingerprint density at radius 1 is 1.22 bits per heavy atom. The predicted octanol–water partition coefficient (Wildman–Crippen LogP) is 1.91. The summed E-state index contributed by atoms with van der Waals surface area (Å²) in [5, 5.41) is 9.21. The van der Waals surface area contributed by atoms with Crippen molar-refractivity contribution in [1.29, 1.82) is 0 Å². The molecule has 0 unspecified atom stereocenters. The van der Waals surface area contributed by atoms with Crippen molar-refractivity contribution in [2.45, 2.75) is 32.1 Å². The minimum Gasteiger partial charge on any atom is -0.355 e. The highest BCUT2D eigenvalue weighted by Crippen LogP contribution is 2.43. The van der Waals surface area contributed by atoms with Gasteiger partial charge in [0.15, 0.2) is 0 Å². The van der Waals surface area contributed by atoms with Gasteiger partial charge in [0.25, 0.3) is 0 Å². The van der Waals surface area contributed by atoms with Crippen LogP contribution in [-0.4, -0.2) is 31.4 Å². The van der Waals surface area contributed by atoms with Crippen LogP contribution in [0.15, 0.2) is 30.3 Å². The van der Waals surface area contributed by atoms with E-state index in [1.165, 1.54) is 6.42 Å². The van der Waals surface area contributed by atoms with E-state index >= 15 is 0 Å². The fraction of sp³-hybridized carbons (Fsp3) is 0.556. The largest absolute Gasteiger partial charge is 0.355 e. The van der Waals surface area contributed by atoms with Crippen LogP contribution in [0.4, 0.5) is 5.69 Å². The Morgan fingerprint density at radius 3 is 2.87 bits per heavy atom. The molecule has 124 valence electrons. The van der Waals surface area contributed by atoms with Gasteiger partial charge in [-0.2, -0.15) is 0 Å². The zero-order valence-corrected chi connectivity index (χ0v) is 13.4. The minimum atomic E-state index is -0.242. The second-order valence-corrected chi connectivity index (χ2v) is 6.65. The van der Waals surface area contributed by atoms with Crippen molar-refractivity contribution in [2.24, 2.45) is 11.3 Å². The summed E-state index contributed by atoms with van der Waals surface area (Å²) in [5.74, 6) is 0.507. The van der Waals surface area contributed by atoms with Crippen molar-refractivity contribution in [2.75, 3.05) is 25.0 Å². The van der Waals surface area contributed by atoms with Crippen LogP contribution in [0.2, 0.25) is 0 Å². The number of rotatable bonds is 5. The molecule has 2 fully saturated rings. The van der Waals surface area contributed by atoms with E-state index in [0.29, 0.717) is 18.9 Å². The van der Waals surface area contributed by atoms with Crippen molar-refractivity contribution in [3.63, 3.8) is 0 Å². The van der Waals surface area contributed by atoms with Crippen molar-refractivity contribution < 1.29 is 9.59 Å². The van der Waals surface area contributed by atoms with Gasteiger partial charge < -0.3 is 16.0 Å². The normalized spacial score (nSPS) is 26.3. The molecule has 1 heterocycles. The third-order valence-electron chi connectivity index (χ3n) is 5.19. The van der Waals surface area contributed by atoms with Gasteiger partial charge in [-0.25, -0.2) is 0 Å². The van der Waals surface area contributed by atoms with Crippen molar-refractivity contribution >= 4 is 17.5 Å². The van der Waals surface area contributed by atoms with Crippen LogP contribution in [0.25, 0.3) is 0 Å². The van der Waals surface area contributed by atoms with E-state index in [-0.39, 0.29) is 17.2 Å². The van der Waals surface area contributed by atoms with Crippen LogP contribution >= 0.6 is 0 Å². The summed E-state index contributed by atoms with van der Waals surface area (Å²) in [6.07, 6.45) is 4.75. The second-order valence-electron chi connectivity index (χ2n) is 6.65. The lowest BCUT2D eigenvalue weighted by molar-refractivity contribution is -0.134. The van der Waals surface area contributed by atoms with Crippen molar-refractivity contribution in [1.82, 2.24) is 10.6 Å². The Labute approximate surface area is 137 Å². The molecule has 0 bridgehead atoms. The monoisotopic (exact) mass is 315 g/mol. The summed E-state index contributed by atoms with van der Waals surface area (Å²) in [6.45, 7) is 2.12. The molecular weight excluding hydrogens is 290 g/mol. The van der Waals surface area contributed by atoms with Gasteiger partial charge in [-0.05, 0) is 37.4 Å². The van der Waals surface area contributed by atoms with Crippen LogP contribution in [0.5, 0.6) is 0 Å². The maximum absolute atomic E-state index is 12.7. The van der Waals surface area contributed by atoms with E-state index in [1.54, 1.807) is 0 Å². The summed E-state index contributed by atoms with van der Waals surface area (Å²) in [6, 6.07) is 9.38. The first-order valence-corrected chi connectivity index (χ1v) is 8.55. The number of benzene rings is 1. The van der Waals surface area contributed by atoms with Crippen LogP contribution in [0.1, 0.15) is 32.1 Å². The van der Waals surface area contributed by atoms with E-state index in [2.05, 4.69) is 16.0 Å². The summed E-state index contributed by atoms with van der Waals surface area (Å²) in [5.41, 5.74) is 0.545. The molecule has 0 radical (unpaired) electrons. The highest BCUT2D eigenvalue weighted by molar-refractivity contribution is 5.91. The molecule has 1 saturated carbocycles. The number of nitrogens with one attached hydrogen (secondary N) is 3. The van der Waals surface area contributed by atoms with Gasteiger partial charge in [0.1, 0.15) is 0 Å². The molecule has 1 aromatic rings. The molecule has 2 amide bonds. The fourth-order valence-corrected chi connectivity index (χ4v) is 3.90. The maximum Gasteiger partial charge on any atom is 0.227 e. The molecule has 1 saturated heterocycles. The van der Waals surface area contributed by atoms with Gasteiger partial charge in [-0.15, -0.1) is 0 Å². The standard InChI is InChI=1S/C18H25N3O2/c22-16(21-15-7-2-1-3-8-15)9-11-20-17(23)18-10-5-4-6-14(18)12-19-13-18/h1-3,7-8,14,19H,4-6,9-13H2,(H,20,23)(H,21,22)/t14-,18+/m0/s1. The Kier molecular flexibility index (Phi) is 4.96. The lowest BCUT2D eigenvalue weighted by Gasteiger charge is -2.37. The average Bonchev–Trinajstić information content (AvgIpc) is 3.01. The maximum atomic E-state index is 12.7.